The molecule has 46 heavy (non-hydrogen) atoms. The number of carbonyl (C=O) groups is 4. The van der Waals surface area contributed by atoms with Gasteiger partial charge in [0.1, 0.15) is 40.7 Å². The molecule has 10 heteroatoms. The van der Waals surface area contributed by atoms with Gasteiger partial charge in [-0.05, 0) is 78.4 Å². The number of ether oxygens (including phenoxy) is 4. The number of benzene rings is 5. The summed E-state index contributed by atoms with van der Waals surface area (Å²) in [6.07, 6.45) is 0. The Hall–Kier alpha value is -6.42. The summed E-state index contributed by atoms with van der Waals surface area (Å²) in [5, 5.41) is 18.4. The highest BCUT2D eigenvalue weighted by Gasteiger charge is 2.18. The zero-order valence-electron chi connectivity index (χ0n) is 24.5. The van der Waals surface area contributed by atoms with Gasteiger partial charge in [-0.2, -0.15) is 0 Å². The number of aromatic hydroxyl groups is 2. The van der Waals surface area contributed by atoms with Gasteiger partial charge < -0.3 is 29.2 Å². The fraction of sp³-hybridized carbons (Fsp3) is 0.0556. The van der Waals surface area contributed by atoms with E-state index in [-0.39, 0.29) is 51.9 Å². The van der Waals surface area contributed by atoms with Gasteiger partial charge in [-0.25, -0.2) is 19.2 Å². The Bertz CT molecular complexity index is 1800. The number of hydrogen-bond acceptors (Lipinski definition) is 10. The van der Waals surface area contributed by atoms with E-state index >= 15 is 0 Å². The first-order valence-electron chi connectivity index (χ1n) is 13.7. The molecule has 5 aromatic carbocycles. The van der Waals surface area contributed by atoms with Crippen molar-refractivity contribution in [2.45, 2.75) is 6.61 Å². The molecule has 232 valence electrons. The molecule has 0 aliphatic carbocycles. The van der Waals surface area contributed by atoms with Crippen LogP contribution in [0.3, 0.4) is 0 Å². The van der Waals surface area contributed by atoms with E-state index in [4.69, 9.17) is 19.3 Å². The van der Waals surface area contributed by atoms with E-state index in [0.29, 0.717) is 0 Å². The van der Waals surface area contributed by atoms with E-state index in [1.54, 1.807) is 24.3 Å². The van der Waals surface area contributed by atoms with Crippen LogP contribution in [0.15, 0.2) is 127 Å². The third-order valence-electron chi connectivity index (χ3n) is 6.22. The first-order valence-corrected chi connectivity index (χ1v) is 13.7. The Kier molecular flexibility index (Phi) is 11.2. The van der Waals surface area contributed by atoms with Crippen molar-refractivity contribution in [2.75, 3.05) is 7.11 Å². The predicted octanol–water partition coefficient (Wildman–Crippen LogP) is 6.37. The first-order chi connectivity index (χ1) is 22.2. The minimum atomic E-state index is -0.631. The van der Waals surface area contributed by atoms with Crippen molar-refractivity contribution in [3.05, 3.63) is 155 Å². The summed E-state index contributed by atoms with van der Waals surface area (Å²) in [6.45, 7) is 0.125. The lowest BCUT2D eigenvalue weighted by Crippen LogP contribution is -2.13. The van der Waals surface area contributed by atoms with Crippen LogP contribution in [0.2, 0.25) is 0 Å². The average Bonchev–Trinajstić information content (AvgIpc) is 3.08. The molecule has 0 bridgehead atoms. The highest BCUT2D eigenvalue weighted by atomic mass is 16.6. The van der Waals surface area contributed by atoms with Gasteiger partial charge in [0, 0.05) is 0 Å². The predicted molar refractivity (Wildman–Crippen MR) is 166 cm³/mol. The fourth-order valence-electron chi connectivity index (χ4n) is 3.87. The standard InChI is InChI=1S/C21H16O5.C15H12O5/c22-17-12-10-16(11-13-17)20(23)26-19-9-5-4-8-18(19)21(24)25-14-15-6-2-1-3-7-15;1-19-15(18)12-4-2-3-5-13(12)20-14(17)10-6-8-11(16)9-7-10/h1-13,22H,14H2;2-9,16H,1H3. The van der Waals surface area contributed by atoms with Crippen molar-refractivity contribution in [1.82, 2.24) is 0 Å². The number of carbonyl (C=O) groups excluding carboxylic acids is 4. The number of methoxy groups -OCH3 is 1. The zero-order valence-corrected chi connectivity index (χ0v) is 24.5. The zero-order chi connectivity index (χ0) is 32.9. The Morgan fingerprint density at radius 3 is 1.37 bits per heavy atom. The minimum absolute atomic E-state index is 0.0476. The van der Waals surface area contributed by atoms with Gasteiger partial charge in [-0.1, -0.05) is 54.6 Å². The molecule has 5 aromatic rings. The summed E-state index contributed by atoms with van der Waals surface area (Å²) >= 11 is 0. The normalized spacial score (nSPS) is 10.0. The quantitative estimate of drug-likeness (QED) is 0.148. The molecule has 0 atom stereocenters. The molecule has 0 aromatic heterocycles. The number of esters is 4. The van der Waals surface area contributed by atoms with E-state index in [2.05, 4.69) is 4.74 Å². The number of rotatable bonds is 8. The van der Waals surface area contributed by atoms with Gasteiger partial charge in [0.05, 0.1) is 18.2 Å². The summed E-state index contributed by atoms with van der Waals surface area (Å²) in [7, 11) is 1.25. The highest BCUT2D eigenvalue weighted by molar-refractivity contribution is 5.97. The molecule has 10 nitrogen and oxygen atoms in total. The molecule has 0 amide bonds. The van der Waals surface area contributed by atoms with Crippen LogP contribution in [0.1, 0.15) is 47.0 Å². The molecule has 0 spiro atoms. The van der Waals surface area contributed by atoms with E-state index in [1.807, 2.05) is 30.3 Å². The molecular formula is C36H28O10. The number of hydrogen-bond donors (Lipinski definition) is 2. The molecule has 0 aliphatic heterocycles. The van der Waals surface area contributed by atoms with Crippen LogP contribution in [0.4, 0.5) is 0 Å². The van der Waals surface area contributed by atoms with Gasteiger partial charge in [0.15, 0.2) is 0 Å². The van der Waals surface area contributed by atoms with Crippen LogP contribution in [0.25, 0.3) is 0 Å². The average molecular weight is 621 g/mol. The van der Waals surface area contributed by atoms with Crippen molar-refractivity contribution in [1.29, 1.82) is 0 Å². The number of para-hydroxylation sites is 2. The van der Waals surface area contributed by atoms with Crippen molar-refractivity contribution >= 4 is 23.9 Å². The number of phenolic OH excluding ortho intramolecular Hbond substituents is 2. The second-order valence-electron chi connectivity index (χ2n) is 9.42. The molecule has 0 fully saturated rings. The molecule has 2 N–H and O–H groups in total. The van der Waals surface area contributed by atoms with Gasteiger partial charge in [0.2, 0.25) is 0 Å². The van der Waals surface area contributed by atoms with Crippen LogP contribution in [0.5, 0.6) is 23.0 Å². The molecule has 0 aliphatic rings. The third-order valence-corrected chi connectivity index (χ3v) is 6.22. The first kappa shape index (κ1) is 32.5. The lowest BCUT2D eigenvalue weighted by molar-refractivity contribution is 0.0466. The monoisotopic (exact) mass is 620 g/mol. The maximum absolute atomic E-state index is 12.4. The van der Waals surface area contributed by atoms with Crippen LogP contribution < -0.4 is 9.47 Å². The van der Waals surface area contributed by atoms with Crippen molar-refractivity contribution < 1.29 is 48.3 Å². The molecule has 0 radical (unpaired) electrons. The second kappa shape index (κ2) is 15.9. The van der Waals surface area contributed by atoms with Crippen molar-refractivity contribution in [2.24, 2.45) is 0 Å². The van der Waals surface area contributed by atoms with E-state index in [1.165, 1.54) is 79.9 Å². The van der Waals surface area contributed by atoms with Crippen molar-refractivity contribution in [3.63, 3.8) is 0 Å². The van der Waals surface area contributed by atoms with Crippen LogP contribution >= 0.6 is 0 Å². The second-order valence-corrected chi connectivity index (χ2v) is 9.42. The van der Waals surface area contributed by atoms with Crippen LogP contribution in [-0.2, 0) is 16.1 Å². The maximum atomic E-state index is 12.4. The SMILES string of the molecule is COC(=O)c1ccccc1OC(=O)c1ccc(O)cc1.O=C(Oc1ccccc1C(=O)OCc1ccccc1)c1ccc(O)cc1. The van der Waals surface area contributed by atoms with E-state index < -0.39 is 23.9 Å². The molecule has 0 heterocycles. The third kappa shape index (κ3) is 9.04. The fourth-order valence-corrected chi connectivity index (χ4v) is 3.87. The van der Waals surface area contributed by atoms with Gasteiger partial charge in [0.25, 0.3) is 0 Å². The van der Waals surface area contributed by atoms with Gasteiger partial charge in [-0.3, -0.25) is 0 Å². The molecule has 0 unspecified atom stereocenters. The summed E-state index contributed by atoms with van der Waals surface area (Å²) in [4.78, 5) is 48.1. The molecule has 0 saturated carbocycles. The Morgan fingerprint density at radius 1 is 0.500 bits per heavy atom. The largest absolute Gasteiger partial charge is 0.508 e. The summed E-state index contributed by atoms with van der Waals surface area (Å²) in [5.74, 6) is -2.08. The molecule has 5 rings (SSSR count). The van der Waals surface area contributed by atoms with Crippen molar-refractivity contribution in [3.8, 4) is 23.0 Å². The topological polar surface area (TPSA) is 146 Å². The summed E-state index contributed by atoms with van der Waals surface area (Å²) < 4.78 is 20.4. The van der Waals surface area contributed by atoms with Crippen LogP contribution in [0, 0.1) is 0 Å². The summed E-state index contributed by atoms with van der Waals surface area (Å²) in [5.41, 5.74) is 1.72. The Labute approximate surface area is 264 Å². The molecule has 0 saturated heterocycles. The Balaban J connectivity index is 0.000000216. The van der Waals surface area contributed by atoms with Gasteiger partial charge >= 0.3 is 23.9 Å². The van der Waals surface area contributed by atoms with Crippen LogP contribution in [-0.4, -0.2) is 41.2 Å². The molecular weight excluding hydrogens is 592 g/mol. The summed E-state index contributed by atoms with van der Waals surface area (Å²) in [6, 6.07) is 33.2. The minimum Gasteiger partial charge on any atom is -0.508 e. The highest BCUT2D eigenvalue weighted by Crippen LogP contribution is 2.23. The van der Waals surface area contributed by atoms with Gasteiger partial charge in [-0.15, -0.1) is 0 Å². The Morgan fingerprint density at radius 2 is 0.913 bits per heavy atom. The number of phenols is 2. The van der Waals surface area contributed by atoms with E-state index in [0.717, 1.165) is 5.56 Å². The van der Waals surface area contributed by atoms with E-state index in [9.17, 15) is 24.3 Å². The lowest BCUT2D eigenvalue weighted by Gasteiger charge is -2.10. The lowest BCUT2D eigenvalue weighted by atomic mass is 10.2. The maximum Gasteiger partial charge on any atom is 0.343 e. The smallest absolute Gasteiger partial charge is 0.343 e.